The van der Waals surface area contributed by atoms with Crippen molar-refractivity contribution in [1.82, 2.24) is 15.3 Å². The molecule has 3 N–H and O–H groups in total. The van der Waals surface area contributed by atoms with E-state index in [2.05, 4.69) is 22.2 Å². The van der Waals surface area contributed by atoms with Gasteiger partial charge in [-0.2, -0.15) is 0 Å². The van der Waals surface area contributed by atoms with Crippen LogP contribution < -0.4 is 10.9 Å². The fraction of sp³-hybridized carbons (Fsp3) is 0.529. The van der Waals surface area contributed by atoms with E-state index < -0.39 is 5.97 Å². The SMILES string of the molecule is CC1CCc2c(sc3nc(CCC(=O)NCCC(=O)O)[nH]c(=O)c23)C1. The van der Waals surface area contributed by atoms with Gasteiger partial charge >= 0.3 is 5.97 Å². The van der Waals surface area contributed by atoms with Crippen molar-refractivity contribution in [1.29, 1.82) is 0 Å². The zero-order valence-electron chi connectivity index (χ0n) is 14.1. The lowest BCUT2D eigenvalue weighted by Gasteiger charge is -2.17. The van der Waals surface area contributed by atoms with Crippen molar-refractivity contribution in [2.75, 3.05) is 6.54 Å². The molecule has 0 aromatic carbocycles. The predicted molar refractivity (Wildman–Crippen MR) is 95.0 cm³/mol. The van der Waals surface area contributed by atoms with Gasteiger partial charge < -0.3 is 15.4 Å². The number of hydrogen-bond donors (Lipinski definition) is 3. The van der Waals surface area contributed by atoms with Crippen LogP contribution in [0.25, 0.3) is 10.2 Å². The Balaban J connectivity index is 1.70. The fourth-order valence-corrected chi connectivity index (χ4v) is 4.54. The van der Waals surface area contributed by atoms with Crippen molar-refractivity contribution in [2.45, 2.75) is 45.4 Å². The van der Waals surface area contributed by atoms with Crippen LogP contribution in [0.4, 0.5) is 0 Å². The van der Waals surface area contributed by atoms with Gasteiger partial charge in [-0.25, -0.2) is 4.98 Å². The van der Waals surface area contributed by atoms with Crippen LogP contribution in [0.15, 0.2) is 4.79 Å². The minimum atomic E-state index is -0.951. The van der Waals surface area contributed by atoms with Gasteiger partial charge in [-0.3, -0.25) is 14.4 Å². The maximum Gasteiger partial charge on any atom is 0.305 e. The van der Waals surface area contributed by atoms with Crippen LogP contribution in [-0.2, 0) is 28.9 Å². The number of thiophene rings is 1. The minimum absolute atomic E-state index is 0.104. The smallest absolute Gasteiger partial charge is 0.305 e. The van der Waals surface area contributed by atoms with Crippen LogP contribution in [0.5, 0.6) is 0 Å². The number of nitrogens with one attached hydrogen (secondary N) is 2. The number of carboxylic acids is 1. The summed E-state index contributed by atoms with van der Waals surface area (Å²) < 4.78 is 0. The third-order valence-electron chi connectivity index (χ3n) is 4.46. The van der Waals surface area contributed by atoms with Gasteiger partial charge in [-0.15, -0.1) is 11.3 Å². The Morgan fingerprint density at radius 3 is 2.96 bits per heavy atom. The third-order valence-corrected chi connectivity index (χ3v) is 5.61. The van der Waals surface area contributed by atoms with Crippen LogP contribution in [0.2, 0.25) is 0 Å². The van der Waals surface area contributed by atoms with E-state index in [1.165, 1.54) is 4.88 Å². The van der Waals surface area contributed by atoms with E-state index in [0.717, 1.165) is 29.7 Å². The lowest BCUT2D eigenvalue weighted by atomic mass is 9.89. The summed E-state index contributed by atoms with van der Waals surface area (Å²) >= 11 is 1.59. The first-order chi connectivity index (χ1) is 11.9. The topological polar surface area (TPSA) is 112 Å². The molecule has 2 aromatic heterocycles. The summed E-state index contributed by atoms with van der Waals surface area (Å²) in [5.41, 5.74) is 1.02. The summed E-state index contributed by atoms with van der Waals surface area (Å²) in [6.07, 6.45) is 3.39. The molecular formula is C17H21N3O4S. The molecule has 1 aliphatic carbocycles. The number of amides is 1. The number of aryl methyl sites for hydroxylation is 2. The largest absolute Gasteiger partial charge is 0.481 e. The summed E-state index contributed by atoms with van der Waals surface area (Å²) in [5, 5.41) is 11.8. The summed E-state index contributed by atoms with van der Waals surface area (Å²) in [6.45, 7) is 2.33. The maximum atomic E-state index is 12.5. The molecule has 25 heavy (non-hydrogen) atoms. The highest BCUT2D eigenvalue weighted by Crippen LogP contribution is 2.35. The van der Waals surface area contributed by atoms with Crippen LogP contribution in [0.3, 0.4) is 0 Å². The van der Waals surface area contributed by atoms with Crippen molar-refractivity contribution in [2.24, 2.45) is 5.92 Å². The van der Waals surface area contributed by atoms with E-state index in [1.807, 2.05) is 0 Å². The summed E-state index contributed by atoms with van der Waals surface area (Å²) in [7, 11) is 0. The molecule has 2 heterocycles. The number of H-pyrrole nitrogens is 1. The molecule has 8 heteroatoms. The Kier molecular flexibility index (Phi) is 5.17. The Morgan fingerprint density at radius 1 is 1.40 bits per heavy atom. The molecule has 1 aliphatic rings. The average Bonchev–Trinajstić information content (AvgIpc) is 2.90. The molecule has 0 saturated carbocycles. The number of rotatable bonds is 6. The Bertz CT molecular complexity index is 871. The van der Waals surface area contributed by atoms with Crippen molar-refractivity contribution in [3.8, 4) is 0 Å². The Hall–Kier alpha value is -2.22. The number of carbonyl (C=O) groups excluding carboxylic acids is 1. The molecule has 7 nitrogen and oxygen atoms in total. The normalized spacial score (nSPS) is 16.6. The summed E-state index contributed by atoms with van der Waals surface area (Å²) in [6, 6.07) is 0. The number of aliphatic carboxylic acids is 1. The molecule has 0 fully saturated rings. The molecule has 0 spiro atoms. The quantitative estimate of drug-likeness (QED) is 0.722. The monoisotopic (exact) mass is 363 g/mol. The predicted octanol–water partition coefficient (Wildman–Crippen LogP) is 1.63. The van der Waals surface area contributed by atoms with Crippen LogP contribution >= 0.6 is 11.3 Å². The number of hydrogen-bond acceptors (Lipinski definition) is 5. The first kappa shape index (κ1) is 17.6. The molecule has 0 bridgehead atoms. The van der Waals surface area contributed by atoms with Gasteiger partial charge in [0, 0.05) is 24.3 Å². The number of fused-ring (bicyclic) bond motifs is 3. The second-order valence-corrected chi connectivity index (χ2v) is 7.62. The van der Waals surface area contributed by atoms with Crippen molar-refractivity contribution >= 4 is 33.4 Å². The molecule has 134 valence electrons. The first-order valence-electron chi connectivity index (χ1n) is 8.46. The van der Waals surface area contributed by atoms with Gasteiger partial charge in [0.05, 0.1) is 11.8 Å². The number of aromatic amines is 1. The van der Waals surface area contributed by atoms with Crippen LogP contribution in [0, 0.1) is 5.92 Å². The highest BCUT2D eigenvalue weighted by molar-refractivity contribution is 7.18. The summed E-state index contributed by atoms with van der Waals surface area (Å²) in [4.78, 5) is 43.9. The second-order valence-electron chi connectivity index (χ2n) is 6.54. The summed E-state index contributed by atoms with van der Waals surface area (Å²) in [5.74, 6) is -0.0674. The molecule has 1 unspecified atom stereocenters. The molecule has 0 radical (unpaired) electrons. The Labute approximate surface area is 148 Å². The van der Waals surface area contributed by atoms with E-state index in [-0.39, 0.29) is 30.9 Å². The van der Waals surface area contributed by atoms with Crippen LogP contribution in [-0.4, -0.2) is 33.5 Å². The third kappa shape index (κ3) is 4.07. The van der Waals surface area contributed by atoms with Gasteiger partial charge in [-0.1, -0.05) is 6.92 Å². The van der Waals surface area contributed by atoms with Crippen molar-refractivity contribution in [3.05, 3.63) is 26.6 Å². The lowest BCUT2D eigenvalue weighted by Crippen LogP contribution is -2.26. The lowest BCUT2D eigenvalue weighted by molar-refractivity contribution is -0.136. The van der Waals surface area contributed by atoms with E-state index in [4.69, 9.17) is 5.11 Å². The van der Waals surface area contributed by atoms with E-state index in [0.29, 0.717) is 23.5 Å². The number of carbonyl (C=O) groups is 2. The zero-order chi connectivity index (χ0) is 18.0. The highest BCUT2D eigenvalue weighted by Gasteiger charge is 2.23. The van der Waals surface area contributed by atoms with Gasteiger partial charge in [0.2, 0.25) is 5.91 Å². The highest BCUT2D eigenvalue weighted by atomic mass is 32.1. The molecule has 0 saturated heterocycles. The number of nitrogens with zero attached hydrogens (tertiary/aromatic N) is 1. The molecule has 1 amide bonds. The van der Waals surface area contributed by atoms with Gasteiger partial charge in [0.25, 0.3) is 5.56 Å². The molecule has 3 rings (SSSR count). The van der Waals surface area contributed by atoms with E-state index in [9.17, 15) is 14.4 Å². The van der Waals surface area contributed by atoms with Gasteiger partial charge in [0.15, 0.2) is 0 Å². The van der Waals surface area contributed by atoms with Gasteiger partial charge in [-0.05, 0) is 30.7 Å². The molecule has 0 aliphatic heterocycles. The standard InChI is InChI=1S/C17H21N3O4S/c1-9-2-3-10-11(8-9)25-17-15(10)16(24)19-12(20-17)4-5-13(21)18-7-6-14(22)23/h9H,2-8H2,1H3,(H,18,21)(H,22,23)(H,19,20,24). The number of aromatic nitrogens is 2. The second kappa shape index (κ2) is 7.35. The Morgan fingerprint density at radius 2 is 2.20 bits per heavy atom. The van der Waals surface area contributed by atoms with E-state index >= 15 is 0 Å². The fourth-order valence-electron chi connectivity index (χ4n) is 3.14. The maximum absolute atomic E-state index is 12.5. The molecule has 1 atom stereocenters. The van der Waals surface area contributed by atoms with Crippen LogP contribution in [0.1, 0.15) is 42.5 Å². The van der Waals surface area contributed by atoms with Crippen molar-refractivity contribution in [3.63, 3.8) is 0 Å². The zero-order valence-corrected chi connectivity index (χ0v) is 14.9. The van der Waals surface area contributed by atoms with Gasteiger partial charge in [0.1, 0.15) is 10.7 Å². The minimum Gasteiger partial charge on any atom is -0.481 e. The number of carboxylic acid groups (broad SMARTS) is 1. The van der Waals surface area contributed by atoms with Crippen molar-refractivity contribution < 1.29 is 14.7 Å². The molecular weight excluding hydrogens is 342 g/mol. The first-order valence-corrected chi connectivity index (χ1v) is 9.27. The molecule has 2 aromatic rings. The van der Waals surface area contributed by atoms with E-state index in [1.54, 1.807) is 11.3 Å². The average molecular weight is 363 g/mol.